The van der Waals surface area contributed by atoms with Gasteiger partial charge in [-0.1, -0.05) is 11.6 Å². The number of hydrogen-bond donors (Lipinski definition) is 0. The first kappa shape index (κ1) is 12.8. The molecule has 0 amide bonds. The van der Waals surface area contributed by atoms with E-state index in [0.29, 0.717) is 22.1 Å². The van der Waals surface area contributed by atoms with Gasteiger partial charge in [0.05, 0.1) is 32.5 Å². The summed E-state index contributed by atoms with van der Waals surface area (Å²) in [6.45, 7) is 0. The predicted molar refractivity (Wildman–Crippen MR) is 67.1 cm³/mol. The fourth-order valence-corrected chi connectivity index (χ4v) is 2.10. The van der Waals surface area contributed by atoms with Crippen molar-refractivity contribution in [2.45, 2.75) is 12.5 Å². The van der Waals surface area contributed by atoms with Gasteiger partial charge < -0.3 is 14.2 Å². The summed E-state index contributed by atoms with van der Waals surface area (Å²) in [6.07, 6.45) is 2.64. The van der Waals surface area contributed by atoms with Gasteiger partial charge in [-0.3, -0.25) is 4.79 Å². The summed E-state index contributed by atoms with van der Waals surface area (Å²) in [5.74, 6) is 1.10. The molecule has 5 heteroatoms. The number of benzene rings is 1. The Hall–Kier alpha value is -1.68. The van der Waals surface area contributed by atoms with Crippen LogP contribution in [0.5, 0.6) is 11.5 Å². The molecule has 0 saturated heterocycles. The highest BCUT2D eigenvalue weighted by Crippen LogP contribution is 2.41. The van der Waals surface area contributed by atoms with Crippen molar-refractivity contribution in [1.29, 1.82) is 0 Å². The second-order valence-electron chi connectivity index (χ2n) is 3.82. The van der Waals surface area contributed by atoms with Gasteiger partial charge in [0.25, 0.3) is 0 Å². The number of allylic oxidation sites excluding steroid dienone is 1. The third-order valence-corrected chi connectivity index (χ3v) is 2.93. The summed E-state index contributed by atoms with van der Waals surface area (Å²) in [5, 5.41) is 0.505. The van der Waals surface area contributed by atoms with Crippen LogP contribution in [0.25, 0.3) is 0 Å². The van der Waals surface area contributed by atoms with Crippen molar-refractivity contribution in [3.8, 4) is 11.5 Å². The first-order valence-corrected chi connectivity index (χ1v) is 5.79. The van der Waals surface area contributed by atoms with Crippen molar-refractivity contribution >= 4 is 17.4 Å². The molecule has 0 fully saturated rings. The number of carbonyl (C=O) groups is 1. The molecule has 1 heterocycles. The molecule has 1 aliphatic heterocycles. The third-order valence-electron chi connectivity index (χ3n) is 2.71. The van der Waals surface area contributed by atoms with Crippen molar-refractivity contribution < 1.29 is 19.0 Å². The van der Waals surface area contributed by atoms with Crippen LogP contribution in [0.4, 0.5) is 0 Å². The van der Waals surface area contributed by atoms with E-state index in [4.69, 9.17) is 25.8 Å². The standard InChI is InChI=1S/C13H13ClO4/c1-16-10-5-8(14)6-11(17-2)13(10)12-7-9(15)3-4-18-12/h3-6,12H,7H2,1-2H3. The SMILES string of the molecule is COc1cc(Cl)cc(OC)c1C1CC(=O)C=CO1. The summed E-state index contributed by atoms with van der Waals surface area (Å²) in [6, 6.07) is 3.34. The average molecular weight is 269 g/mol. The van der Waals surface area contributed by atoms with Gasteiger partial charge in [0.15, 0.2) is 5.78 Å². The lowest BCUT2D eigenvalue weighted by Crippen LogP contribution is -2.13. The van der Waals surface area contributed by atoms with Crippen LogP contribution in [0.3, 0.4) is 0 Å². The molecule has 0 saturated carbocycles. The van der Waals surface area contributed by atoms with Crippen LogP contribution in [0.15, 0.2) is 24.5 Å². The summed E-state index contributed by atoms with van der Waals surface area (Å²) in [5.41, 5.74) is 0.696. The Labute approximate surface area is 110 Å². The third kappa shape index (κ3) is 2.43. The molecule has 1 aromatic rings. The van der Waals surface area contributed by atoms with E-state index in [1.54, 1.807) is 12.1 Å². The minimum atomic E-state index is -0.412. The molecule has 1 unspecified atom stereocenters. The molecule has 0 aromatic heterocycles. The molecule has 0 radical (unpaired) electrons. The van der Waals surface area contributed by atoms with Crippen LogP contribution < -0.4 is 9.47 Å². The molecule has 2 rings (SSSR count). The van der Waals surface area contributed by atoms with Gasteiger partial charge >= 0.3 is 0 Å². The Kier molecular flexibility index (Phi) is 3.77. The molecule has 0 bridgehead atoms. The summed E-state index contributed by atoms with van der Waals surface area (Å²) in [7, 11) is 3.07. The highest BCUT2D eigenvalue weighted by molar-refractivity contribution is 6.30. The van der Waals surface area contributed by atoms with Crippen molar-refractivity contribution in [3.05, 3.63) is 35.1 Å². The van der Waals surface area contributed by atoms with E-state index in [9.17, 15) is 4.79 Å². The van der Waals surface area contributed by atoms with Crippen molar-refractivity contribution in [1.82, 2.24) is 0 Å². The van der Waals surface area contributed by atoms with Gasteiger partial charge in [0.1, 0.15) is 17.6 Å². The lowest BCUT2D eigenvalue weighted by atomic mass is 10.0. The van der Waals surface area contributed by atoms with E-state index in [1.165, 1.54) is 26.6 Å². The smallest absolute Gasteiger partial charge is 0.162 e. The molecule has 0 spiro atoms. The van der Waals surface area contributed by atoms with Crippen molar-refractivity contribution in [2.75, 3.05) is 14.2 Å². The van der Waals surface area contributed by atoms with Crippen LogP contribution in [0.2, 0.25) is 5.02 Å². The fourth-order valence-electron chi connectivity index (χ4n) is 1.90. The van der Waals surface area contributed by atoms with E-state index < -0.39 is 6.10 Å². The topological polar surface area (TPSA) is 44.8 Å². The lowest BCUT2D eigenvalue weighted by molar-refractivity contribution is -0.118. The van der Waals surface area contributed by atoms with Crippen LogP contribution in [-0.4, -0.2) is 20.0 Å². The molecule has 18 heavy (non-hydrogen) atoms. The Balaban J connectivity index is 2.47. The molecule has 1 aliphatic rings. The van der Waals surface area contributed by atoms with Crippen molar-refractivity contribution in [3.63, 3.8) is 0 Å². The zero-order valence-electron chi connectivity index (χ0n) is 10.1. The number of methoxy groups -OCH3 is 2. The second-order valence-corrected chi connectivity index (χ2v) is 4.26. The first-order valence-electron chi connectivity index (χ1n) is 5.42. The molecule has 1 aromatic carbocycles. The molecule has 0 aliphatic carbocycles. The number of halogens is 1. The largest absolute Gasteiger partial charge is 0.496 e. The molecule has 1 atom stereocenters. The van der Waals surface area contributed by atoms with Gasteiger partial charge in [0, 0.05) is 11.1 Å². The number of rotatable bonds is 3. The van der Waals surface area contributed by atoms with E-state index in [0.717, 1.165) is 0 Å². The minimum Gasteiger partial charge on any atom is -0.496 e. The van der Waals surface area contributed by atoms with Gasteiger partial charge in [0.2, 0.25) is 0 Å². The Morgan fingerprint density at radius 1 is 1.28 bits per heavy atom. The minimum absolute atomic E-state index is 0.00491. The monoisotopic (exact) mass is 268 g/mol. The molecular weight excluding hydrogens is 256 g/mol. The molecule has 4 nitrogen and oxygen atoms in total. The molecule has 96 valence electrons. The van der Waals surface area contributed by atoms with Crippen LogP contribution in [-0.2, 0) is 9.53 Å². The van der Waals surface area contributed by atoms with Gasteiger partial charge in [-0.15, -0.1) is 0 Å². The molecular formula is C13H13ClO4. The van der Waals surface area contributed by atoms with Gasteiger partial charge in [-0.2, -0.15) is 0 Å². The second kappa shape index (κ2) is 5.31. The maximum atomic E-state index is 11.4. The Morgan fingerprint density at radius 2 is 1.89 bits per heavy atom. The highest BCUT2D eigenvalue weighted by Gasteiger charge is 2.26. The van der Waals surface area contributed by atoms with Gasteiger partial charge in [-0.05, 0) is 12.1 Å². The zero-order chi connectivity index (χ0) is 13.1. The van der Waals surface area contributed by atoms with E-state index >= 15 is 0 Å². The first-order chi connectivity index (χ1) is 8.65. The van der Waals surface area contributed by atoms with Crippen LogP contribution >= 0.6 is 11.6 Å². The predicted octanol–water partition coefficient (Wildman–Crippen LogP) is 2.90. The van der Waals surface area contributed by atoms with Crippen molar-refractivity contribution in [2.24, 2.45) is 0 Å². The Morgan fingerprint density at radius 3 is 2.39 bits per heavy atom. The van der Waals surface area contributed by atoms with Gasteiger partial charge in [-0.25, -0.2) is 0 Å². The van der Waals surface area contributed by atoms with Crippen LogP contribution in [0, 0.1) is 0 Å². The highest BCUT2D eigenvalue weighted by atomic mass is 35.5. The fraction of sp³-hybridized carbons (Fsp3) is 0.308. The summed E-state index contributed by atoms with van der Waals surface area (Å²) < 4.78 is 16.0. The molecule has 0 N–H and O–H groups in total. The number of hydrogen-bond acceptors (Lipinski definition) is 4. The maximum absolute atomic E-state index is 11.4. The van der Waals surface area contributed by atoms with Crippen LogP contribution in [0.1, 0.15) is 18.1 Å². The lowest BCUT2D eigenvalue weighted by Gasteiger charge is -2.23. The maximum Gasteiger partial charge on any atom is 0.162 e. The number of ether oxygens (including phenoxy) is 3. The number of ketones is 1. The van der Waals surface area contributed by atoms with E-state index in [1.807, 2.05) is 0 Å². The quantitative estimate of drug-likeness (QED) is 0.846. The van der Waals surface area contributed by atoms with E-state index in [2.05, 4.69) is 0 Å². The number of carbonyl (C=O) groups excluding carboxylic acids is 1. The normalized spacial score (nSPS) is 18.4. The summed E-state index contributed by atoms with van der Waals surface area (Å²) >= 11 is 5.97. The Bertz CT molecular complexity index is 471. The zero-order valence-corrected chi connectivity index (χ0v) is 10.9. The average Bonchev–Trinajstić information content (AvgIpc) is 2.37. The summed E-state index contributed by atoms with van der Waals surface area (Å²) in [4.78, 5) is 11.4. The van der Waals surface area contributed by atoms with E-state index in [-0.39, 0.29) is 12.2 Å².